The topological polar surface area (TPSA) is 26.3 Å². The van der Waals surface area contributed by atoms with Crippen molar-refractivity contribution in [3.8, 4) is 16.9 Å². The van der Waals surface area contributed by atoms with Crippen LogP contribution in [0.2, 0.25) is 0 Å². The quantitative estimate of drug-likeness (QED) is 0.837. The average Bonchev–Trinajstić information content (AvgIpc) is 2.39. The zero-order chi connectivity index (χ0) is 13.8. The molecule has 0 spiro atoms. The fourth-order valence-electron chi connectivity index (χ4n) is 1.95. The summed E-state index contributed by atoms with van der Waals surface area (Å²) >= 11 is 0. The highest BCUT2D eigenvalue weighted by Gasteiger charge is 2.07. The van der Waals surface area contributed by atoms with Crippen molar-refractivity contribution in [2.45, 2.75) is 13.3 Å². The van der Waals surface area contributed by atoms with Gasteiger partial charge in [0.05, 0.1) is 7.11 Å². The number of ketones is 1. The summed E-state index contributed by atoms with van der Waals surface area (Å²) in [5.41, 5.74) is 2.24. The van der Waals surface area contributed by atoms with Crippen LogP contribution in [0.15, 0.2) is 42.5 Å². The lowest BCUT2D eigenvalue weighted by Gasteiger charge is -2.07. The number of methoxy groups -OCH3 is 1. The van der Waals surface area contributed by atoms with Gasteiger partial charge in [-0.15, -0.1) is 0 Å². The number of hydrogen-bond acceptors (Lipinski definition) is 2. The Hall–Kier alpha value is -2.16. The molecule has 0 atom stereocenters. The molecule has 0 aliphatic carbocycles. The highest BCUT2D eigenvalue weighted by atomic mass is 19.1. The van der Waals surface area contributed by atoms with Crippen molar-refractivity contribution in [3.05, 3.63) is 53.8 Å². The first-order chi connectivity index (χ1) is 9.10. The van der Waals surface area contributed by atoms with Gasteiger partial charge in [-0.2, -0.15) is 0 Å². The number of Topliss-reactive ketones (excluding diaryl/α,β-unsaturated/α-hetero) is 1. The van der Waals surface area contributed by atoms with Crippen molar-refractivity contribution in [3.63, 3.8) is 0 Å². The van der Waals surface area contributed by atoms with Crippen molar-refractivity contribution in [2.75, 3.05) is 7.11 Å². The molecule has 3 heteroatoms. The molecule has 0 N–H and O–H groups in total. The van der Waals surface area contributed by atoms with Crippen LogP contribution in [-0.4, -0.2) is 12.9 Å². The highest BCUT2D eigenvalue weighted by Crippen LogP contribution is 2.26. The molecule has 0 amide bonds. The van der Waals surface area contributed by atoms with Crippen molar-refractivity contribution < 1.29 is 13.9 Å². The monoisotopic (exact) mass is 258 g/mol. The Labute approximate surface area is 111 Å². The fourth-order valence-corrected chi connectivity index (χ4v) is 1.95. The van der Waals surface area contributed by atoms with Crippen molar-refractivity contribution in [1.29, 1.82) is 0 Å². The Morgan fingerprint density at radius 1 is 1.16 bits per heavy atom. The molecule has 98 valence electrons. The maximum Gasteiger partial charge on any atom is 0.134 e. The Kier molecular flexibility index (Phi) is 3.95. The summed E-state index contributed by atoms with van der Waals surface area (Å²) in [6.45, 7) is 1.55. The van der Waals surface area contributed by atoms with Gasteiger partial charge in [0.1, 0.15) is 17.3 Å². The van der Waals surface area contributed by atoms with Gasteiger partial charge in [0.25, 0.3) is 0 Å². The second kappa shape index (κ2) is 5.65. The van der Waals surface area contributed by atoms with Gasteiger partial charge in [0, 0.05) is 18.1 Å². The number of carbonyl (C=O) groups is 1. The molecular weight excluding hydrogens is 243 g/mol. The van der Waals surface area contributed by atoms with Crippen LogP contribution >= 0.6 is 0 Å². The van der Waals surface area contributed by atoms with E-state index in [1.54, 1.807) is 19.1 Å². The Bertz CT molecular complexity index is 588. The Morgan fingerprint density at radius 3 is 2.37 bits per heavy atom. The van der Waals surface area contributed by atoms with E-state index in [1.807, 2.05) is 24.3 Å². The summed E-state index contributed by atoms with van der Waals surface area (Å²) < 4.78 is 18.9. The third-order valence-corrected chi connectivity index (χ3v) is 2.89. The lowest BCUT2D eigenvalue weighted by molar-refractivity contribution is -0.116. The van der Waals surface area contributed by atoms with Crippen molar-refractivity contribution in [2.24, 2.45) is 0 Å². The molecule has 0 aliphatic rings. The first-order valence-electron chi connectivity index (χ1n) is 6.02. The molecule has 19 heavy (non-hydrogen) atoms. The summed E-state index contributed by atoms with van der Waals surface area (Å²) in [5, 5.41) is 0. The minimum absolute atomic E-state index is 0.114. The van der Waals surface area contributed by atoms with Gasteiger partial charge in [-0.05, 0) is 30.2 Å². The average molecular weight is 258 g/mol. The predicted octanol–water partition coefficient (Wildman–Crippen LogP) is 3.63. The number of ether oxygens (including phenoxy) is 1. The van der Waals surface area contributed by atoms with Gasteiger partial charge in [-0.1, -0.05) is 24.3 Å². The van der Waals surface area contributed by atoms with Crippen LogP contribution in [0.5, 0.6) is 5.75 Å². The van der Waals surface area contributed by atoms with Gasteiger partial charge < -0.3 is 4.74 Å². The number of benzene rings is 2. The third-order valence-electron chi connectivity index (χ3n) is 2.89. The molecule has 0 saturated carbocycles. The molecule has 2 aromatic carbocycles. The van der Waals surface area contributed by atoms with Gasteiger partial charge >= 0.3 is 0 Å². The summed E-state index contributed by atoms with van der Waals surface area (Å²) in [6.07, 6.45) is 0.408. The van der Waals surface area contributed by atoms with E-state index in [2.05, 4.69) is 0 Å². The Morgan fingerprint density at radius 2 is 1.84 bits per heavy atom. The molecule has 0 aliphatic heterocycles. The molecule has 0 bridgehead atoms. The highest BCUT2D eigenvalue weighted by molar-refractivity contribution is 5.78. The summed E-state index contributed by atoms with van der Waals surface area (Å²) in [4.78, 5) is 11.0. The van der Waals surface area contributed by atoms with Gasteiger partial charge in [-0.3, -0.25) is 4.79 Å². The molecule has 0 aromatic heterocycles. The SMILES string of the molecule is COc1ccc(-c2ccc(CC(C)=O)cc2)c(F)c1. The molecule has 2 rings (SSSR count). The van der Waals surface area contributed by atoms with Crippen LogP contribution in [-0.2, 0) is 11.2 Å². The largest absolute Gasteiger partial charge is 0.497 e. The number of rotatable bonds is 4. The zero-order valence-corrected chi connectivity index (χ0v) is 10.9. The molecule has 0 fully saturated rings. The standard InChI is InChI=1S/C16H15FO2/c1-11(18)9-12-3-5-13(6-4-12)15-8-7-14(19-2)10-16(15)17/h3-8,10H,9H2,1-2H3. The van der Waals surface area contributed by atoms with E-state index in [-0.39, 0.29) is 11.6 Å². The van der Waals surface area contributed by atoms with Crippen LogP contribution in [0.3, 0.4) is 0 Å². The summed E-state index contributed by atoms with van der Waals surface area (Å²) in [6, 6.07) is 12.1. The van der Waals surface area contributed by atoms with Crippen LogP contribution < -0.4 is 4.74 Å². The first-order valence-corrected chi connectivity index (χ1v) is 6.02. The molecule has 0 unspecified atom stereocenters. The van der Waals surface area contributed by atoms with Crippen LogP contribution in [0.25, 0.3) is 11.1 Å². The van der Waals surface area contributed by atoms with Crippen molar-refractivity contribution >= 4 is 5.78 Å². The van der Waals surface area contributed by atoms with E-state index in [4.69, 9.17) is 4.74 Å². The second-order valence-electron chi connectivity index (χ2n) is 4.42. The summed E-state index contributed by atoms with van der Waals surface area (Å²) in [5.74, 6) is 0.288. The third kappa shape index (κ3) is 3.19. The minimum Gasteiger partial charge on any atom is -0.497 e. The second-order valence-corrected chi connectivity index (χ2v) is 4.42. The van der Waals surface area contributed by atoms with Crippen LogP contribution in [0, 0.1) is 5.82 Å². The maximum atomic E-state index is 13.9. The maximum absolute atomic E-state index is 13.9. The van der Waals surface area contributed by atoms with Crippen LogP contribution in [0.4, 0.5) is 4.39 Å². The molecule has 2 nitrogen and oxygen atoms in total. The Balaban J connectivity index is 2.29. The number of hydrogen-bond donors (Lipinski definition) is 0. The fraction of sp³-hybridized carbons (Fsp3) is 0.188. The normalized spacial score (nSPS) is 10.3. The molecule has 2 aromatic rings. The van der Waals surface area contributed by atoms with Gasteiger partial charge in [-0.25, -0.2) is 4.39 Å². The zero-order valence-electron chi connectivity index (χ0n) is 10.9. The molecular formula is C16H15FO2. The van der Waals surface area contributed by atoms with E-state index in [0.717, 1.165) is 11.1 Å². The van der Waals surface area contributed by atoms with Gasteiger partial charge in [0.15, 0.2) is 0 Å². The van der Waals surface area contributed by atoms with E-state index in [0.29, 0.717) is 17.7 Å². The number of carbonyl (C=O) groups excluding carboxylic acids is 1. The van der Waals surface area contributed by atoms with E-state index in [1.165, 1.54) is 13.2 Å². The van der Waals surface area contributed by atoms with E-state index >= 15 is 0 Å². The van der Waals surface area contributed by atoms with Gasteiger partial charge in [0.2, 0.25) is 0 Å². The lowest BCUT2D eigenvalue weighted by atomic mass is 10.0. The smallest absolute Gasteiger partial charge is 0.134 e. The first kappa shape index (κ1) is 13.3. The molecule has 0 heterocycles. The lowest BCUT2D eigenvalue weighted by Crippen LogP contribution is -1.96. The van der Waals surface area contributed by atoms with E-state index in [9.17, 15) is 9.18 Å². The molecule has 0 saturated heterocycles. The summed E-state index contributed by atoms with van der Waals surface area (Å²) in [7, 11) is 1.50. The predicted molar refractivity (Wildman–Crippen MR) is 72.8 cm³/mol. The minimum atomic E-state index is -0.321. The van der Waals surface area contributed by atoms with Crippen LogP contribution in [0.1, 0.15) is 12.5 Å². The number of halogens is 1. The van der Waals surface area contributed by atoms with Crippen molar-refractivity contribution in [1.82, 2.24) is 0 Å². The van der Waals surface area contributed by atoms with E-state index < -0.39 is 0 Å². The molecule has 0 radical (unpaired) electrons.